The summed E-state index contributed by atoms with van der Waals surface area (Å²) in [6.45, 7) is 5.42. The van der Waals surface area contributed by atoms with Crippen LogP contribution in [0.4, 0.5) is 0 Å². The van der Waals surface area contributed by atoms with Crippen LogP contribution < -0.4 is 5.73 Å². The fourth-order valence-corrected chi connectivity index (χ4v) is 2.62. The molecule has 3 nitrogen and oxygen atoms in total. The third-order valence-electron chi connectivity index (χ3n) is 4.02. The summed E-state index contributed by atoms with van der Waals surface area (Å²) in [5.41, 5.74) is 6.14. The number of nitrogens with zero attached hydrogens (tertiary/aromatic N) is 1. The van der Waals surface area contributed by atoms with Gasteiger partial charge in [-0.05, 0) is 37.6 Å². The molecule has 1 saturated carbocycles. The highest BCUT2D eigenvalue weighted by atomic mass is 16.5. The van der Waals surface area contributed by atoms with E-state index in [2.05, 4.69) is 11.8 Å². The number of rotatable bonds is 4. The molecular weight excluding hydrogens is 188 g/mol. The summed E-state index contributed by atoms with van der Waals surface area (Å²) < 4.78 is 5.34. The van der Waals surface area contributed by atoms with Crippen LogP contribution in [0.3, 0.4) is 0 Å². The molecule has 2 N–H and O–H groups in total. The van der Waals surface area contributed by atoms with Crippen molar-refractivity contribution in [3.63, 3.8) is 0 Å². The average molecular weight is 212 g/mol. The Kier molecular flexibility index (Phi) is 3.65. The molecule has 0 aromatic rings. The maximum atomic E-state index is 6.14. The highest BCUT2D eigenvalue weighted by Crippen LogP contribution is 2.36. The van der Waals surface area contributed by atoms with Gasteiger partial charge in [0.05, 0.1) is 6.61 Å². The fourth-order valence-electron chi connectivity index (χ4n) is 2.62. The molecule has 0 aromatic carbocycles. The lowest BCUT2D eigenvalue weighted by atomic mass is 9.92. The molecule has 15 heavy (non-hydrogen) atoms. The summed E-state index contributed by atoms with van der Waals surface area (Å²) in [6, 6.07) is 0.991. The molecule has 3 atom stereocenters. The number of hydrogen-bond acceptors (Lipinski definition) is 3. The van der Waals surface area contributed by atoms with Crippen molar-refractivity contribution in [1.29, 1.82) is 0 Å². The number of piperidine rings is 1. The third kappa shape index (κ3) is 2.71. The lowest BCUT2D eigenvalue weighted by molar-refractivity contribution is 0.0483. The first-order valence-corrected chi connectivity index (χ1v) is 6.21. The molecule has 2 rings (SSSR count). The minimum absolute atomic E-state index is 0.358. The molecule has 0 spiro atoms. The van der Waals surface area contributed by atoms with Crippen molar-refractivity contribution in [1.82, 2.24) is 4.90 Å². The molecule has 1 heterocycles. The second-order valence-electron chi connectivity index (χ2n) is 5.28. The van der Waals surface area contributed by atoms with E-state index in [9.17, 15) is 0 Å². The quantitative estimate of drug-likeness (QED) is 0.758. The standard InChI is InChI=1S/C12H24N2O/c1-9-5-6-14(7-11(9)13)12(8-15-2)10-3-4-10/h9-12H,3-8,13H2,1-2H3. The third-order valence-corrected chi connectivity index (χ3v) is 4.02. The van der Waals surface area contributed by atoms with Crippen LogP contribution in [-0.2, 0) is 4.74 Å². The van der Waals surface area contributed by atoms with Crippen molar-refractivity contribution in [2.45, 2.75) is 38.3 Å². The molecule has 1 aliphatic heterocycles. The molecule has 2 aliphatic rings. The molecule has 0 amide bonds. The Bertz CT molecular complexity index is 206. The Morgan fingerprint density at radius 2 is 2.13 bits per heavy atom. The topological polar surface area (TPSA) is 38.5 Å². The Morgan fingerprint density at radius 3 is 2.67 bits per heavy atom. The number of hydrogen-bond donors (Lipinski definition) is 1. The maximum Gasteiger partial charge on any atom is 0.0620 e. The zero-order chi connectivity index (χ0) is 10.8. The first-order valence-electron chi connectivity index (χ1n) is 6.21. The molecule has 1 saturated heterocycles. The van der Waals surface area contributed by atoms with Gasteiger partial charge in [-0.25, -0.2) is 0 Å². The van der Waals surface area contributed by atoms with Gasteiger partial charge < -0.3 is 10.5 Å². The molecular formula is C12H24N2O. The molecule has 0 radical (unpaired) electrons. The number of likely N-dealkylation sites (tertiary alicyclic amines) is 1. The van der Waals surface area contributed by atoms with Gasteiger partial charge in [-0.1, -0.05) is 6.92 Å². The first-order chi connectivity index (χ1) is 7.22. The van der Waals surface area contributed by atoms with E-state index >= 15 is 0 Å². The van der Waals surface area contributed by atoms with Gasteiger partial charge in [0.1, 0.15) is 0 Å². The zero-order valence-electron chi connectivity index (χ0n) is 9.98. The van der Waals surface area contributed by atoms with Crippen molar-refractivity contribution >= 4 is 0 Å². The summed E-state index contributed by atoms with van der Waals surface area (Å²) >= 11 is 0. The van der Waals surface area contributed by atoms with Crippen LogP contribution in [0.2, 0.25) is 0 Å². The maximum absolute atomic E-state index is 6.14. The van der Waals surface area contributed by atoms with Gasteiger partial charge >= 0.3 is 0 Å². The van der Waals surface area contributed by atoms with E-state index in [0.29, 0.717) is 18.0 Å². The van der Waals surface area contributed by atoms with Crippen molar-refractivity contribution in [2.24, 2.45) is 17.6 Å². The first kappa shape index (κ1) is 11.4. The average Bonchev–Trinajstić information content (AvgIpc) is 3.02. The molecule has 3 heteroatoms. The van der Waals surface area contributed by atoms with Gasteiger partial charge in [0.15, 0.2) is 0 Å². The number of methoxy groups -OCH3 is 1. The van der Waals surface area contributed by atoms with Gasteiger partial charge in [0.25, 0.3) is 0 Å². The highest BCUT2D eigenvalue weighted by molar-refractivity contribution is 4.92. The Morgan fingerprint density at radius 1 is 1.40 bits per heavy atom. The molecule has 0 aromatic heterocycles. The van der Waals surface area contributed by atoms with E-state index in [-0.39, 0.29) is 0 Å². The van der Waals surface area contributed by atoms with Gasteiger partial charge in [0.2, 0.25) is 0 Å². The Balaban J connectivity index is 1.90. The normalized spacial score (nSPS) is 35.4. The molecule has 2 fully saturated rings. The van der Waals surface area contributed by atoms with E-state index in [0.717, 1.165) is 19.1 Å². The zero-order valence-corrected chi connectivity index (χ0v) is 9.98. The van der Waals surface area contributed by atoms with Crippen LogP contribution >= 0.6 is 0 Å². The van der Waals surface area contributed by atoms with Gasteiger partial charge in [-0.15, -0.1) is 0 Å². The largest absolute Gasteiger partial charge is 0.383 e. The summed E-state index contributed by atoms with van der Waals surface area (Å²) in [4.78, 5) is 2.56. The van der Waals surface area contributed by atoms with Gasteiger partial charge in [-0.2, -0.15) is 0 Å². The van der Waals surface area contributed by atoms with Crippen molar-refractivity contribution in [2.75, 3.05) is 26.8 Å². The van der Waals surface area contributed by atoms with E-state index in [1.165, 1.54) is 25.8 Å². The highest BCUT2D eigenvalue weighted by Gasteiger charge is 2.37. The van der Waals surface area contributed by atoms with Crippen molar-refractivity contribution in [3.05, 3.63) is 0 Å². The molecule has 3 unspecified atom stereocenters. The fraction of sp³-hybridized carbons (Fsp3) is 1.00. The molecule has 1 aliphatic carbocycles. The number of ether oxygens (including phenoxy) is 1. The minimum atomic E-state index is 0.358. The predicted molar refractivity (Wildman–Crippen MR) is 61.7 cm³/mol. The SMILES string of the molecule is COCC(C1CC1)N1CCC(C)C(N)C1. The minimum Gasteiger partial charge on any atom is -0.383 e. The van der Waals surface area contributed by atoms with Crippen LogP contribution in [0.25, 0.3) is 0 Å². The number of nitrogens with two attached hydrogens (primary N) is 1. The molecule has 88 valence electrons. The van der Waals surface area contributed by atoms with E-state index in [1.54, 1.807) is 0 Å². The van der Waals surface area contributed by atoms with Gasteiger partial charge in [0, 0.05) is 25.7 Å². The van der Waals surface area contributed by atoms with Crippen LogP contribution in [0, 0.1) is 11.8 Å². The van der Waals surface area contributed by atoms with Crippen LogP contribution in [-0.4, -0.2) is 43.8 Å². The van der Waals surface area contributed by atoms with Crippen LogP contribution in [0.15, 0.2) is 0 Å². The van der Waals surface area contributed by atoms with Crippen LogP contribution in [0.5, 0.6) is 0 Å². The van der Waals surface area contributed by atoms with Crippen LogP contribution in [0.1, 0.15) is 26.2 Å². The van der Waals surface area contributed by atoms with Gasteiger partial charge in [-0.3, -0.25) is 4.90 Å². The lowest BCUT2D eigenvalue weighted by Gasteiger charge is -2.40. The second-order valence-corrected chi connectivity index (χ2v) is 5.28. The lowest BCUT2D eigenvalue weighted by Crippen LogP contribution is -2.53. The second kappa shape index (κ2) is 4.81. The summed E-state index contributed by atoms with van der Waals surface area (Å²) in [5.74, 6) is 1.56. The van der Waals surface area contributed by atoms with E-state index in [4.69, 9.17) is 10.5 Å². The monoisotopic (exact) mass is 212 g/mol. The van der Waals surface area contributed by atoms with E-state index < -0.39 is 0 Å². The summed E-state index contributed by atoms with van der Waals surface area (Å²) in [5, 5.41) is 0. The summed E-state index contributed by atoms with van der Waals surface area (Å²) in [6.07, 6.45) is 4.01. The Hall–Kier alpha value is -0.120. The predicted octanol–water partition coefficient (Wildman–Crippen LogP) is 1.08. The summed E-state index contributed by atoms with van der Waals surface area (Å²) in [7, 11) is 1.81. The smallest absolute Gasteiger partial charge is 0.0620 e. The van der Waals surface area contributed by atoms with Crippen molar-refractivity contribution < 1.29 is 4.74 Å². The van der Waals surface area contributed by atoms with E-state index in [1.807, 2.05) is 7.11 Å². The van der Waals surface area contributed by atoms with Crippen molar-refractivity contribution in [3.8, 4) is 0 Å². The molecule has 0 bridgehead atoms. The Labute approximate surface area is 93.0 Å².